The third-order valence-electron chi connectivity index (χ3n) is 2.42. The van der Waals surface area contributed by atoms with Crippen LogP contribution < -0.4 is 10.2 Å². The number of carbonyl (C=O) groups is 1. The lowest BCUT2D eigenvalue weighted by molar-refractivity contribution is -0.117. The number of β-amino-alcohol motifs (C(OH)–C–C–N with tert-alkyl or cyclic N) is 1. The van der Waals surface area contributed by atoms with E-state index in [0.717, 1.165) is 11.5 Å². The minimum atomic E-state index is -0.554. The second kappa shape index (κ2) is 3.86. The van der Waals surface area contributed by atoms with Crippen molar-refractivity contribution < 1.29 is 9.90 Å². The summed E-state index contributed by atoms with van der Waals surface area (Å²) < 4.78 is 0. The van der Waals surface area contributed by atoms with Crippen LogP contribution in [0.4, 0.5) is 11.5 Å². The van der Waals surface area contributed by atoms with Crippen molar-refractivity contribution in [2.75, 3.05) is 23.8 Å². The maximum absolute atomic E-state index is 11.5. The second-order valence-electron chi connectivity index (χ2n) is 3.51. The third kappa shape index (κ3) is 1.92. The molecule has 0 bridgehead atoms. The molecule has 1 saturated heterocycles. The largest absolute Gasteiger partial charge is 0.391 e. The van der Waals surface area contributed by atoms with E-state index in [9.17, 15) is 9.90 Å². The molecule has 1 amide bonds. The van der Waals surface area contributed by atoms with Crippen molar-refractivity contribution in [2.24, 2.45) is 0 Å². The molecule has 1 unspecified atom stereocenters. The Morgan fingerprint density at radius 3 is 2.87 bits per heavy atom. The van der Waals surface area contributed by atoms with Crippen LogP contribution in [0.1, 0.15) is 6.42 Å². The summed E-state index contributed by atoms with van der Waals surface area (Å²) in [4.78, 5) is 17.1. The molecule has 0 aliphatic carbocycles. The summed E-state index contributed by atoms with van der Waals surface area (Å²) in [5.74, 6) is 0.701. The van der Waals surface area contributed by atoms with E-state index >= 15 is 0 Å². The van der Waals surface area contributed by atoms with E-state index in [4.69, 9.17) is 0 Å². The van der Waals surface area contributed by atoms with Crippen molar-refractivity contribution in [3.8, 4) is 0 Å². The Balaban J connectivity index is 2.19. The number of anilines is 2. The number of hydrogen-bond acceptors (Lipinski definition) is 4. The summed E-state index contributed by atoms with van der Waals surface area (Å²) in [5.41, 5.74) is 0.732. The molecule has 0 saturated carbocycles. The molecule has 15 heavy (non-hydrogen) atoms. The first-order valence-corrected chi connectivity index (χ1v) is 4.83. The minimum absolute atomic E-state index is 0.0542. The third-order valence-corrected chi connectivity index (χ3v) is 2.42. The fourth-order valence-electron chi connectivity index (χ4n) is 1.63. The Bertz CT molecular complexity index is 363. The number of aromatic nitrogens is 1. The second-order valence-corrected chi connectivity index (χ2v) is 3.51. The molecule has 0 spiro atoms. The van der Waals surface area contributed by atoms with Crippen molar-refractivity contribution in [3.05, 3.63) is 18.3 Å². The molecule has 1 aliphatic heterocycles. The molecule has 5 nitrogen and oxygen atoms in total. The molecule has 5 heteroatoms. The van der Waals surface area contributed by atoms with Crippen LogP contribution in [0.25, 0.3) is 0 Å². The van der Waals surface area contributed by atoms with Crippen LogP contribution in [0.15, 0.2) is 18.3 Å². The molecule has 1 atom stereocenters. The summed E-state index contributed by atoms with van der Waals surface area (Å²) in [6.07, 6.45) is 1.27. The van der Waals surface area contributed by atoms with Crippen LogP contribution in [-0.4, -0.2) is 35.7 Å². The van der Waals surface area contributed by atoms with Gasteiger partial charge < -0.3 is 15.3 Å². The van der Waals surface area contributed by atoms with Gasteiger partial charge in [-0.3, -0.25) is 4.79 Å². The maximum Gasteiger partial charge on any atom is 0.229 e. The summed E-state index contributed by atoms with van der Waals surface area (Å²) in [7, 11) is 1.78. The van der Waals surface area contributed by atoms with E-state index in [1.54, 1.807) is 24.2 Å². The van der Waals surface area contributed by atoms with Crippen LogP contribution in [-0.2, 0) is 4.79 Å². The Morgan fingerprint density at radius 1 is 1.60 bits per heavy atom. The van der Waals surface area contributed by atoms with Gasteiger partial charge in [0.15, 0.2) is 0 Å². The Kier molecular flexibility index (Phi) is 2.55. The lowest BCUT2D eigenvalue weighted by Crippen LogP contribution is -2.25. The van der Waals surface area contributed by atoms with E-state index in [0.29, 0.717) is 6.54 Å². The highest BCUT2D eigenvalue weighted by Gasteiger charge is 2.29. The van der Waals surface area contributed by atoms with E-state index in [2.05, 4.69) is 10.3 Å². The van der Waals surface area contributed by atoms with Gasteiger partial charge in [0.05, 0.1) is 31.0 Å². The average Bonchev–Trinajstić information content (AvgIpc) is 2.58. The van der Waals surface area contributed by atoms with Gasteiger partial charge in [-0.25, -0.2) is 4.98 Å². The van der Waals surface area contributed by atoms with E-state index in [-0.39, 0.29) is 12.3 Å². The summed E-state index contributed by atoms with van der Waals surface area (Å²) in [5, 5.41) is 12.2. The number of carbonyl (C=O) groups excluding carboxylic acids is 1. The van der Waals surface area contributed by atoms with Crippen molar-refractivity contribution in [1.29, 1.82) is 0 Å². The smallest absolute Gasteiger partial charge is 0.229 e. The molecule has 1 aromatic heterocycles. The fourth-order valence-corrected chi connectivity index (χ4v) is 1.63. The zero-order chi connectivity index (χ0) is 10.8. The monoisotopic (exact) mass is 207 g/mol. The maximum atomic E-state index is 11.5. The molecule has 2 rings (SSSR count). The zero-order valence-electron chi connectivity index (χ0n) is 8.47. The van der Waals surface area contributed by atoms with Gasteiger partial charge in [0, 0.05) is 7.05 Å². The average molecular weight is 207 g/mol. The van der Waals surface area contributed by atoms with Crippen LogP contribution in [0.2, 0.25) is 0 Å². The number of rotatable bonds is 2. The Labute approximate surface area is 87.7 Å². The van der Waals surface area contributed by atoms with Gasteiger partial charge in [0.1, 0.15) is 5.82 Å². The predicted octanol–water partition coefficient (Wildman–Crippen LogP) is 0.221. The highest BCUT2D eigenvalue weighted by molar-refractivity contribution is 5.95. The fraction of sp³-hybridized carbons (Fsp3) is 0.400. The van der Waals surface area contributed by atoms with Crippen molar-refractivity contribution in [2.45, 2.75) is 12.5 Å². The molecule has 2 heterocycles. The van der Waals surface area contributed by atoms with Gasteiger partial charge in [0.25, 0.3) is 0 Å². The number of nitrogens with one attached hydrogen (secondary N) is 1. The molecule has 0 radical (unpaired) electrons. The lowest BCUT2D eigenvalue weighted by atomic mass is 10.3. The van der Waals surface area contributed by atoms with Gasteiger partial charge >= 0.3 is 0 Å². The number of aliphatic hydroxyl groups excluding tert-OH is 1. The molecule has 1 fully saturated rings. The first-order chi connectivity index (χ1) is 7.20. The predicted molar refractivity (Wildman–Crippen MR) is 56.8 cm³/mol. The van der Waals surface area contributed by atoms with E-state index in [1.165, 1.54) is 0 Å². The molecule has 0 aromatic carbocycles. The van der Waals surface area contributed by atoms with Crippen LogP contribution in [0, 0.1) is 0 Å². The zero-order valence-corrected chi connectivity index (χ0v) is 8.47. The SMILES string of the molecule is CNc1ccc(N2CC(O)CC2=O)cn1. The summed E-state index contributed by atoms with van der Waals surface area (Å²) in [6.45, 7) is 0.361. The minimum Gasteiger partial charge on any atom is -0.391 e. The molecule has 1 aliphatic rings. The van der Waals surface area contributed by atoms with Crippen molar-refractivity contribution >= 4 is 17.4 Å². The van der Waals surface area contributed by atoms with Crippen LogP contribution in [0.3, 0.4) is 0 Å². The topological polar surface area (TPSA) is 65.5 Å². The number of nitrogens with zero attached hydrogens (tertiary/aromatic N) is 2. The molecule has 1 aromatic rings. The number of hydrogen-bond donors (Lipinski definition) is 2. The van der Waals surface area contributed by atoms with E-state index < -0.39 is 6.10 Å². The standard InChI is InChI=1S/C10H13N3O2/c1-11-9-3-2-7(5-12-9)13-6-8(14)4-10(13)15/h2-3,5,8,14H,4,6H2,1H3,(H,11,12). The van der Waals surface area contributed by atoms with Crippen molar-refractivity contribution in [3.63, 3.8) is 0 Å². The van der Waals surface area contributed by atoms with Crippen LogP contribution in [0.5, 0.6) is 0 Å². The van der Waals surface area contributed by atoms with Gasteiger partial charge in [-0.2, -0.15) is 0 Å². The molecule has 2 N–H and O–H groups in total. The van der Waals surface area contributed by atoms with Gasteiger partial charge in [-0.1, -0.05) is 0 Å². The highest BCUT2D eigenvalue weighted by Crippen LogP contribution is 2.21. The van der Waals surface area contributed by atoms with Gasteiger partial charge in [-0.05, 0) is 12.1 Å². The Hall–Kier alpha value is -1.62. The summed E-state index contributed by atoms with van der Waals surface area (Å²) >= 11 is 0. The van der Waals surface area contributed by atoms with Gasteiger partial charge in [0.2, 0.25) is 5.91 Å². The Morgan fingerprint density at radius 2 is 2.40 bits per heavy atom. The quantitative estimate of drug-likeness (QED) is 0.728. The van der Waals surface area contributed by atoms with Gasteiger partial charge in [-0.15, -0.1) is 0 Å². The molecular weight excluding hydrogens is 194 g/mol. The lowest BCUT2D eigenvalue weighted by Gasteiger charge is -2.15. The number of amides is 1. The molecular formula is C10H13N3O2. The molecule has 80 valence electrons. The first kappa shape index (κ1) is 9.92. The number of aliphatic hydroxyl groups is 1. The van der Waals surface area contributed by atoms with E-state index in [1.807, 2.05) is 6.07 Å². The normalized spacial score (nSPS) is 20.8. The number of pyridine rings is 1. The first-order valence-electron chi connectivity index (χ1n) is 4.83. The van der Waals surface area contributed by atoms with Crippen molar-refractivity contribution in [1.82, 2.24) is 4.98 Å². The highest BCUT2D eigenvalue weighted by atomic mass is 16.3. The summed E-state index contributed by atoms with van der Waals surface area (Å²) in [6, 6.07) is 3.61. The van der Waals surface area contributed by atoms with Crippen LogP contribution >= 0.6 is 0 Å².